The molecule has 0 unspecified atom stereocenters. The minimum Gasteiger partial charge on any atom is -0.298 e. The van der Waals surface area contributed by atoms with Crippen molar-refractivity contribution in [2.24, 2.45) is 0 Å². The number of rotatable bonds is 0. The molecule has 0 N–H and O–H groups in total. The third kappa shape index (κ3) is 1.27. The van der Waals surface area contributed by atoms with Crippen LogP contribution in [0.5, 0.6) is 0 Å². The highest BCUT2D eigenvalue weighted by Gasteiger charge is 2.05. The predicted molar refractivity (Wildman–Crippen MR) is 65.1 cm³/mol. The molecule has 3 rings (SSSR count). The van der Waals surface area contributed by atoms with Crippen molar-refractivity contribution in [1.82, 2.24) is 9.38 Å². The fourth-order valence-electron chi connectivity index (χ4n) is 1.95. The zero-order chi connectivity index (χ0) is 10.4. The largest absolute Gasteiger partial charge is 0.298 e. The molecule has 0 bridgehead atoms. The van der Waals surface area contributed by atoms with Crippen molar-refractivity contribution < 1.29 is 0 Å². The molecule has 0 aliphatic heterocycles. The number of benzene rings is 1. The lowest BCUT2D eigenvalue weighted by atomic mass is 10.1. The van der Waals surface area contributed by atoms with Gasteiger partial charge in [-0.15, -0.1) is 0 Å². The molecule has 3 aromatic rings. The van der Waals surface area contributed by atoms with Gasteiger partial charge in [0.25, 0.3) is 0 Å². The molecule has 0 saturated carbocycles. The Bertz CT molecular complexity index is 655. The predicted octanol–water partition coefficient (Wildman–Crippen LogP) is 3.56. The second-order valence-corrected chi connectivity index (χ2v) is 4.45. The first kappa shape index (κ1) is 8.92. The van der Waals surface area contributed by atoms with E-state index in [1.165, 1.54) is 16.5 Å². The monoisotopic (exact) mass is 260 g/mol. The van der Waals surface area contributed by atoms with Crippen molar-refractivity contribution in [3.05, 3.63) is 46.7 Å². The number of hydrogen-bond acceptors (Lipinski definition) is 1. The number of fused-ring (bicyclic) bond motifs is 3. The van der Waals surface area contributed by atoms with Gasteiger partial charge in [0.15, 0.2) is 0 Å². The molecule has 15 heavy (non-hydrogen) atoms. The first-order valence-corrected chi connectivity index (χ1v) is 5.58. The van der Waals surface area contributed by atoms with E-state index in [2.05, 4.69) is 62.6 Å². The summed E-state index contributed by atoms with van der Waals surface area (Å²) in [7, 11) is 0. The molecule has 74 valence electrons. The molecule has 0 atom stereocenters. The van der Waals surface area contributed by atoms with Crippen LogP contribution in [-0.2, 0) is 0 Å². The normalized spacial score (nSPS) is 11.3. The van der Waals surface area contributed by atoms with Gasteiger partial charge in [0.1, 0.15) is 10.3 Å². The highest BCUT2D eigenvalue weighted by atomic mass is 79.9. The van der Waals surface area contributed by atoms with Gasteiger partial charge in [-0.05, 0) is 40.5 Å². The molecule has 3 heteroatoms. The number of pyridine rings is 1. The highest BCUT2D eigenvalue weighted by molar-refractivity contribution is 9.10. The molecular formula is C12H9BrN2. The summed E-state index contributed by atoms with van der Waals surface area (Å²) in [5.41, 5.74) is 3.44. The van der Waals surface area contributed by atoms with E-state index in [4.69, 9.17) is 0 Å². The maximum absolute atomic E-state index is 4.40. The lowest BCUT2D eigenvalue weighted by Crippen LogP contribution is -1.89. The number of imidazole rings is 1. The summed E-state index contributed by atoms with van der Waals surface area (Å²) in [5, 5.41) is 1.27. The lowest BCUT2D eigenvalue weighted by molar-refractivity contribution is 1.24. The van der Waals surface area contributed by atoms with Crippen LogP contribution in [0, 0.1) is 6.92 Å². The molecule has 0 fully saturated rings. The second kappa shape index (κ2) is 3.07. The molecule has 0 aliphatic carbocycles. The lowest BCUT2D eigenvalue weighted by Gasteiger charge is -2.04. The van der Waals surface area contributed by atoms with Gasteiger partial charge >= 0.3 is 0 Å². The Balaban J connectivity index is 2.62. The first-order chi connectivity index (χ1) is 7.25. The number of aromatic nitrogens is 2. The third-order valence-corrected chi connectivity index (χ3v) is 3.02. The van der Waals surface area contributed by atoms with Gasteiger partial charge in [0.05, 0.1) is 5.52 Å². The molecule has 0 saturated heterocycles. The zero-order valence-corrected chi connectivity index (χ0v) is 9.82. The molecule has 2 nitrogen and oxygen atoms in total. The van der Waals surface area contributed by atoms with E-state index in [9.17, 15) is 0 Å². The van der Waals surface area contributed by atoms with E-state index in [-0.39, 0.29) is 0 Å². The molecule has 0 aliphatic rings. The summed E-state index contributed by atoms with van der Waals surface area (Å²) in [6.07, 6.45) is 2.00. The van der Waals surface area contributed by atoms with E-state index >= 15 is 0 Å². The van der Waals surface area contributed by atoms with Gasteiger partial charge in [-0.1, -0.05) is 18.2 Å². The van der Waals surface area contributed by atoms with Crippen LogP contribution in [0.1, 0.15) is 5.56 Å². The van der Waals surface area contributed by atoms with E-state index < -0.39 is 0 Å². The van der Waals surface area contributed by atoms with E-state index in [1.807, 2.05) is 6.20 Å². The zero-order valence-electron chi connectivity index (χ0n) is 8.24. The van der Waals surface area contributed by atoms with Crippen LogP contribution in [0.25, 0.3) is 16.6 Å². The summed E-state index contributed by atoms with van der Waals surface area (Å²) in [4.78, 5) is 4.40. The van der Waals surface area contributed by atoms with Gasteiger partial charge < -0.3 is 0 Å². The van der Waals surface area contributed by atoms with Gasteiger partial charge in [-0.3, -0.25) is 4.40 Å². The molecule has 2 heterocycles. The number of halogens is 1. The Morgan fingerprint density at radius 1 is 1.27 bits per heavy atom. The summed E-state index contributed by atoms with van der Waals surface area (Å²) in [5.74, 6) is 0. The maximum atomic E-state index is 4.40. The Morgan fingerprint density at radius 2 is 2.07 bits per heavy atom. The first-order valence-electron chi connectivity index (χ1n) is 4.78. The summed E-state index contributed by atoms with van der Waals surface area (Å²) in [6.45, 7) is 2.12. The van der Waals surface area contributed by atoms with Crippen LogP contribution in [0.15, 0.2) is 41.1 Å². The Morgan fingerprint density at radius 3 is 2.93 bits per heavy atom. The Kier molecular flexibility index (Phi) is 1.83. The van der Waals surface area contributed by atoms with Crippen molar-refractivity contribution in [3.63, 3.8) is 0 Å². The van der Waals surface area contributed by atoms with Gasteiger partial charge in [0, 0.05) is 11.6 Å². The topological polar surface area (TPSA) is 17.3 Å². The average molecular weight is 261 g/mol. The quantitative estimate of drug-likeness (QED) is 0.604. The van der Waals surface area contributed by atoms with Crippen LogP contribution >= 0.6 is 15.9 Å². The third-order valence-electron chi connectivity index (χ3n) is 2.64. The summed E-state index contributed by atoms with van der Waals surface area (Å²) < 4.78 is 2.98. The van der Waals surface area contributed by atoms with E-state index in [0.717, 1.165) is 10.3 Å². The van der Waals surface area contributed by atoms with Crippen LogP contribution in [0.3, 0.4) is 0 Å². The van der Waals surface area contributed by atoms with Crippen LogP contribution < -0.4 is 0 Å². The van der Waals surface area contributed by atoms with Crippen molar-refractivity contribution in [3.8, 4) is 0 Å². The number of nitrogens with zero attached hydrogens (tertiary/aromatic N) is 2. The molecule has 0 amide bonds. The van der Waals surface area contributed by atoms with Crippen LogP contribution in [0.2, 0.25) is 0 Å². The van der Waals surface area contributed by atoms with Crippen molar-refractivity contribution in [2.75, 3.05) is 0 Å². The Hall–Kier alpha value is -1.35. The van der Waals surface area contributed by atoms with Crippen molar-refractivity contribution in [1.29, 1.82) is 0 Å². The van der Waals surface area contributed by atoms with Crippen LogP contribution in [-0.4, -0.2) is 9.38 Å². The minimum atomic E-state index is 0.873. The molecule has 1 aromatic carbocycles. The summed E-state index contributed by atoms with van der Waals surface area (Å²) >= 11 is 3.40. The van der Waals surface area contributed by atoms with Gasteiger partial charge in [0.2, 0.25) is 0 Å². The number of hydrogen-bond donors (Lipinski definition) is 0. The fourth-order valence-corrected chi connectivity index (χ4v) is 2.33. The number of para-hydroxylation sites is 1. The number of aryl methyl sites for hydroxylation is 1. The van der Waals surface area contributed by atoms with Crippen molar-refractivity contribution >= 4 is 32.5 Å². The van der Waals surface area contributed by atoms with E-state index in [1.54, 1.807) is 0 Å². The minimum absolute atomic E-state index is 0.873. The SMILES string of the molecule is Cc1cc2nc(Br)cn2c2ccccc12. The van der Waals surface area contributed by atoms with Crippen molar-refractivity contribution in [2.45, 2.75) is 6.92 Å². The smallest absolute Gasteiger partial charge is 0.138 e. The standard InChI is InChI=1S/C12H9BrN2/c1-8-6-12-14-11(13)7-15(12)10-5-3-2-4-9(8)10/h2-7H,1H3. The van der Waals surface area contributed by atoms with Gasteiger partial charge in [-0.25, -0.2) is 4.98 Å². The van der Waals surface area contributed by atoms with E-state index in [0.29, 0.717) is 0 Å². The maximum Gasteiger partial charge on any atom is 0.138 e. The average Bonchev–Trinajstić information content (AvgIpc) is 2.59. The summed E-state index contributed by atoms with van der Waals surface area (Å²) in [6, 6.07) is 10.5. The van der Waals surface area contributed by atoms with Gasteiger partial charge in [-0.2, -0.15) is 0 Å². The molecule has 0 spiro atoms. The Labute approximate surface area is 95.7 Å². The highest BCUT2D eigenvalue weighted by Crippen LogP contribution is 2.22. The van der Waals surface area contributed by atoms with Crippen LogP contribution in [0.4, 0.5) is 0 Å². The molecule has 0 radical (unpaired) electrons. The molecule has 2 aromatic heterocycles. The molecular weight excluding hydrogens is 252 g/mol. The second-order valence-electron chi connectivity index (χ2n) is 3.64. The fraction of sp³-hybridized carbons (Fsp3) is 0.0833.